The predicted octanol–water partition coefficient (Wildman–Crippen LogP) is 1.68. The number of aromatic hydroxyl groups is 1. The van der Waals surface area contributed by atoms with Gasteiger partial charge in [0.05, 0.1) is 6.61 Å². The van der Waals surface area contributed by atoms with Gasteiger partial charge in [0, 0.05) is 6.42 Å². The number of carbonyl (C=O) groups is 2. The summed E-state index contributed by atoms with van der Waals surface area (Å²) in [6, 6.07) is 3.01. The van der Waals surface area contributed by atoms with Crippen LogP contribution in [0.3, 0.4) is 0 Å². The van der Waals surface area contributed by atoms with Crippen molar-refractivity contribution in [2.45, 2.75) is 45.6 Å². The summed E-state index contributed by atoms with van der Waals surface area (Å²) in [7, 11) is 0. The molecule has 0 saturated heterocycles. The number of ether oxygens (including phenoxy) is 1. The lowest BCUT2D eigenvalue weighted by molar-refractivity contribution is -0.161. The number of unbranched alkanes of at least 4 members (excludes halogenated alkanes) is 1. The van der Waals surface area contributed by atoms with Gasteiger partial charge in [-0.05, 0) is 49.1 Å². The molecule has 0 radical (unpaired) electrons. The number of carboxylic acid groups (broad SMARTS) is 1. The first-order valence-corrected chi connectivity index (χ1v) is 7.21. The first-order chi connectivity index (χ1) is 10.2. The third-order valence-electron chi connectivity index (χ3n) is 3.61. The van der Waals surface area contributed by atoms with Crippen LogP contribution in [0.2, 0.25) is 0 Å². The molecule has 6 heteroatoms. The van der Waals surface area contributed by atoms with E-state index in [1.165, 1.54) is 12.1 Å². The fraction of sp³-hybridized carbons (Fsp3) is 0.500. The summed E-state index contributed by atoms with van der Waals surface area (Å²) in [5.74, 6) is -2.29. The molecule has 1 aromatic rings. The van der Waals surface area contributed by atoms with Gasteiger partial charge < -0.3 is 20.7 Å². The molecule has 0 aliphatic heterocycles. The van der Waals surface area contributed by atoms with E-state index in [2.05, 4.69) is 0 Å². The SMILES string of the molecule is CCCCOC(=O)C(N)(Cc1c(C)cc(O)cc1C)C(=O)O. The summed E-state index contributed by atoms with van der Waals surface area (Å²) < 4.78 is 4.99. The molecule has 0 aliphatic rings. The molecule has 1 rings (SSSR count). The normalized spacial score (nSPS) is 13.5. The second-order valence-electron chi connectivity index (χ2n) is 5.50. The van der Waals surface area contributed by atoms with Crippen LogP contribution >= 0.6 is 0 Å². The summed E-state index contributed by atoms with van der Waals surface area (Å²) in [6.07, 6.45) is 1.29. The van der Waals surface area contributed by atoms with Gasteiger partial charge in [-0.3, -0.25) is 0 Å². The van der Waals surface area contributed by atoms with Crippen LogP contribution in [0, 0.1) is 13.8 Å². The van der Waals surface area contributed by atoms with Crippen molar-refractivity contribution in [1.29, 1.82) is 0 Å². The quantitative estimate of drug-likeness (QED) is 0.401. The molecular formula is C16H23NO5. The Balaban J connectivity index is 3.07. The van der Waals surface area contributed by atoms with Crippen LogP contribution in [0.15, 0.2) is 12.1 Å². The largest absolute Gasteiger partial charge is 0.508 e. The number of phenols is 1. The number of rotatable bonds is 7. The van der Waals surface area contributed by atoms with Crippen LogP contribution in [0.4, 0.5) is 0 Å². The van der Waals surface area contributed by atoms with Gasteiger partial charge in [-0.15, -0.1) is 0 Å². The van der Waals surface area contributed by atoms with Crippen molar-refractivity contribution in [2.75, 3.05) is 6.61 Å². The number of esters is 1. The van der Waals surface area contributed by atoms with Crippen LogP contribution in [-0.4, -0.2) is 34.3 Å². The molecule has 0 heterocycles. The molecule has 1 unspecified atom stereocenters. The van der Waals surface area contributed by atoms with Gasteiger partial charge in [-0.25, -0.2) is 9.59 Å². The Morgan fingerprint density at radius 1 is 1.27 bits per heavy atom. The average Bonchev–Trinajstić information content (AvgIpc) is 2.42. The Morgan fingerprint density at radius 2 is 1.82 bits per heavy atom. The van der Waals surface area contributed by atoms with Gasteiger partial charge in [-0.1, -0.05) is 13.3 Å². The Morgan fingerprint density at radius 3 is 2.27 bits per heavy atom. The summed E-state index contributed by atoms with van der Waals surface area (Å²) >= 11 is 0. The lowest BCUT2D eigenvalue weighted by atomic mass is 9.87. The molecule has 0 bridgehead atoms. The second kappa shape index (κ2) is 7.26. The van der Waals surface area contributed by atoms with Gasteiger partial charge in [0.2, 0.25) is 5.54 Å². The molecule has 1 aromatic carbocycles. The molecule has 0 aromatic heterocycles. The van der Waals surface area contributed by atoms with E-state index >= 15 is 0 Å². The lowest BCUT2D eigenvalue weighted by Crippen LogP contribution is -2.57. The zero-order valence-electron chi connectivity index (χ0n) is 13.2. The Bertz CT molecular complexity index is 547. The van der Waals surface area contributed by atoms with E-state index in [0.29, 0.717) is 23.1 Å². The third-order valence-corrected chi connectivity index (χ3v) is 3.61. The summed E-state index contributed by atoms with van der Waals surface area (Å²) in [5, 5.41) is 18.9. The number of carboxylic acids is 1. The first kappa shape index (κ1) is 18.0. The van der Waals surface area contributed by atoms with Crippen LogP contribution in [0.1, 0.15) is 36.5 Å². The maximum atomic E-state index is 12.1. The number of benzene rings is 1. The van der Waals surface area contributed by atoms with Gasteiger partial charge >= 0.3 is 11.9 Å². The van der Waals surface area contributed by atoms with E-state index < -0.39 is 17.5 Å². The highest BCUT2D eigenvalue weighted by Crippen LogP contribution is 2.25. The van der Waals surface area contributed by atoms with Crippen molar-refractivity contribution < 1.29 is 24.5 Å². The number of nitrogens with two attached hydrogens (primary N) is 1. The maximum absolute atomic E-state index is 12.1. The zero-order chi connectivity index (χ0) is 16.9. The van der Waals surface area contributed by atoms with Crippen LogP contribution in [-0.2, 0) is 20.7 Å². The molecule has 4 N–H and O–H groups in total. The molecule has 0 fully saturated rings. The average molecular weight is 309 g/mol. The van der Waals surface area contributed by atoms with Crippen molar-refractivity contribution in [1.82, 2.24) is 0 Å². The summed E-state index contributed by atoms with van der Waals surface area (Å²) in [4.78, 5) is 23.6. The van der Waals surface area contributed by atoms with E-state index in [9.17, 15) is 19.8 Å². The fourth-order valence-corrected chi connectivity index (χ4v) is 2.20. The Labute approximate surface area is 129 Å². The van der Waals surface area contributed by atoms with Gasteiger partial charge in [0.15, 0.2) is 0 Å². The molecule has 0 amide bonds. The second-order valence-corrected chi connectivity index (χ2v) is 5.50. The van der Waals surface area contributed by atoms with Crippen LogP contribution in [0.5, 0.6) is 5.75 Å². The molecular weight excluding hydrogens is 286 g/mol. The summed E-state index contributed by atoms with van der Waals surface area (Å²) in [6.45, 7) is 5.54. The fourth-order valence-electron chi connectivity index (χ4n) is 2.20. The van der Waals surface area contributed by atoms with E-state index in [0.717, 1.165) is 6.42 Å². The first-order valence-electron chi connectivity index (χ1n) is 7.21. The number of phenolic OH excluding ortho intramolecular Hbond substituents is 1. The van der Waals surface area contributed by atoms with E-state index in [-0.39, 0.29) is 18.8 Å². The topological polar surface area (TPSA) is 110 Å². The van der Waals surface area contributed by atoms with E-state index in [4.69, 9.17) is 10.5 Å². The van der Waals surface area contributed by atoms with E-state index in [1.807, 2.05) is 6.92 Å². The molecule has 122 valence electrons. The summed E-state index contributed by atoms with van der Waals surface area (Å²) in [5.41, 5.74) is 5.67. The predicted molar refractivity (Wildman–Crippen MR) is 81.7 cm³/mol. The highest BCUT2D eigenvalue weighted by Gasteiger charge is 2.44. The number of aryl methyl sites for hydroxylation is 2. The highest BCUT2D eigenvalue weighted by atomic mass is 16.5. The number of hydrogen-bond donors (Lipinski definition) is 3. The standard InChI is InChI=1S/C16H23NO5/c1-4-5-6-22-15(21)16(17,14(19)20)9-13-10(2)7-12(18)8-11(13)3/h7-8,18H,4-6,9,17H2,1-3H3,(H,19,20). The van der Waals surface area contributed by atoms with Gasteiger partial charge in [0.25, 0.3) is 0 Å². The molecule has 22 heavy (non-hydrogen) atoms. The third kappa shape index (κ3) is 3.98. The lowest BCUT2D eigenvalue weighted by Gasteiger charge is -2.24. The Kier molecular flexibility index (Phi) is 5.93. The minimum absolute atomic E-state index is 0.0854. The number of hydrogen-bond acceptors (Lipinski definition) is 5. The van der Waals surface area contributed by atoms with Crippen LogP contribution in [0.25, 0.3) is 0 Å². The minimum atomic E-state index is -2.14. The van der Waals surface area contributed by atoms with Crippen molar-refractivity contribution in [3.8, 4) is 5.75 Å². The van der Waals surface area contributed by atoms with Gasteiger partial charge in [0.1, 0.15) is 5.75 Å². The van der Waals surface area contributed by atoms with Crippen molar-refractivity contribution >= 4 is 11.9 Å². The highest BCUT2D eigenvalue weighted by molar-refractivity contribution is 6.04. The van der Waals surface area contributed by atoms with Gasteiger partial charge in [-0.2, -0.15) is 0 Å². The van der Waals surface area contributed by atoms with Crippen LogP contribution < -0.4 is 5.73 Å². The number of carbonyl (C=O) groups excluding carboxylic acids is 1. The molecule has 0 saturated carbocycles. The smallest absolute Gasteiger partial charge is 0.338 e. The van der Waals surface area contributed by atoms with Crippen molar-refractivity contribution in [2.24, 2.45) is 5.73 Å². The van der Waals surface area contributed by atoms with Crippen molar-refractivity contribution in [3.63, 3.8) is 0 Å². The maximum Gasteiger partial charge on any atom is 0.338 e. The molecule has 0 aliphatic carbocycles. The van der Waals surface area contributed by atoms with Crippen molar-refractivity contribution in [3.05, 3.63) is 28.8 Å². The molecule has 0 spiro atoms. The molecule has 6 nitrogen and oxygen atoms in total. The monoisotopic (exact) mass is 309 g/mol. The molecule has 1 atom stereocenters. The number of aliphatic carboxylic acids is 1. The minimum Gasteiger partial charge on any atom is -0.508 e. The van der Waals surface area contributed by atoms with E-state index in [1.54, 1.807) is 13.8 Å². The zero-order valence-corrected chi connectivity index (χ0v) is 13.2. The Hall–Kier alpha value is -2.08.